The van der Waals surface area contributed by atoms with Crippen molar-refractivity contribution in [2.24, 2.45) is 29.1 Å². The second-order valence-corrected chi connectivity index (χ2v) is 13.3. The van der Waals surface area contributed by atoms with Crippen molar-refractivity contribution in [2.45, 2.75) is 25.7 Å². The molecule has 3 aromatic rings. The first kappa shape index (κ1) is 30.9. The fourth-order valence-corrected chi connectivity index (χ4v) is 8.44. The van der Waals surface area contributed by atoms with Gasteiger partial charge in [-0.05, 0) is 74.2 Å². The Morgan fingerprint density at radius 2 is 1.57 bits per heavy atom. The van der Waals surface area contributed by atoms with Gasteiger partial charge < -0.3 is 15.3 Å². The predicted molar refractivity (Wildman–Crippen MR) is 167 cm³/mol. The molecule has 13 heteroatoms. The molecule has 3 fully saturated rings. The Hall–Kier alpha value is -4.74. The van der Waals surface area contributed by atoms with Gasteiger partial charge in [-0.25, -0.2) is 19.0 Å². The Balaban J connectivity index is 1.36. The number of halogens is 3. The number of rotatable bonds is 4. The normalized spacial score (nSPS) is 28.3. The van der Waals surface area contributed by atoms with Crippen molar-refractivity contribution in [3.8, 4) is 11.5 Å². The minimum Gasteiger partial charge on any atom is -0.508 e. The number of carbonyl (C=O) groups is 5. The third-order valence-electron chi connectivity index (χ3n) is 10.2. The number of aromatic carboxylic acids is 1. The van der Waals surface area contributed by atoms with Crippen LogP contribution in [0.4, 0.5) is 15.8 Å². The molecular weight excluding hydrogens is 654 g/mol. The minimum atomic E-state index is -1.49. The first-order valence-corrected chi connectivity index (χ1v) is 15.5. The number of carboxylic acid groups (broad SMARTS) is 1. The Morgan fingerprint density at radius 3 is 2.26 bits per heavy atom. The summed E-state index contributed by atoms with van der Waals surface area (Å²) >= 11 is 12.4. The predicted octanol–water partition coefficient (Wildman–Crippen LogP) is 5.68. The molecule has 4 aliphatic rings. The molecule has 6 atom stereocenters. The van der Waals surface area contributed by atoms with E-state index in [2.05, 4.69) is 0 Å². The summed E-state index contributed by atoms with van der Waals surface area (Å²) in [4.78, 5) is 69.9. The summed E-state index contributed by atoms with van der Waals surface area (Å²) in [7, 11) is 0. The second-order valence-electron chi connectivity index (χ2n) is 12.5. The highest BCUT2D eigenvalue weighted by atomic mass is 35.5. The maximum Gasteiger partial charge on any atom is 0.339 e. The number of anilines is 2. The van der Waals surface area contributed by atoms with Crippen molar-refractivity contribution in [3.63, 3.8) is 0 Å². The van der Waals surface area contributed by atoms with Crippen LogP contribution in [0, 0.1) is 34.9 Å². The van der Waals surface area contributed by atoms with Gasteiger partial charge in [0.05, 0.1) is 39.6 Å². The summed E-state index contributed by atoms with van der Waals surface area (Å²) in [5.74, 6) is -9.79. The van der Waals surface area contributed by atoms with Gasteiger partial charge in [-0.15, -0.1) is 0 Å². The summed E-state index contributed by atoms with van der Waals surface area (Å²) in [6.07, 6.45) is 1.90. The number of imide groups is 2. The molecule has 0 bridgehead atoms. The van der Waals surface area contributed by atoms with Crippen LogP contribution in [0.2, 0.25) is 10.0 Å². The average Bonchev–Trinajstić information content (AvgIpc) is 3.39. The minimum absolute atomic E-state index is 0.00498. The number of amides is 4. The van der Waals surface area contributed by atoms with Gasteiger partial charge in [0.2, 0.25) is 23.6 Å². The van der Waals surface area contributed by atoms with E-state index in [1.165, 1.54) is 36.4 Å². The van der Waals surface area contributed by atoms with Crippen LogP contribution < -0.4 is 9.80 Å². The van der Waals surface area contributed by atoms with Crippen LogP contribution in [0.15, 0.2) is 66.2 Å². The molecule has 2 saturated heterocycles. The van der Waals surface area contributed by atoms with Crippen molar-refractivity contribution in [2.75, 3.05) is 9.80 Å². The van der Waals surface area contributed by atoms with E-state index in [-0.39, 0.29) is 45.6 Å². The van der Waals surface area contributed by atoms with Crippen LogP contribution in [0.5, 0.6) is 11.5 Å². The number of phenolic OH excluding ortho intramolecular Hbond substituents is 1. The van der Waals surface area contributed by atoms with Crippen LogP contribution in [-0.4, -0.2) is 44.9 Å². The van der Waals surface area contributed by atoms with Gasteiger partial charge in [0.15, 0.2) is 0 Å². The molecule has 3 N–H and O–H groups in total. The lowest BCUT2D eigenvalue weighted by molar-refractivity contribution is -0.131. The van der Waals surface area contributed by atoms with Crippen molar-refractivity contribution in [1.82, 2.24) is 0 Å². The number of fused-ring (bicyclic) bond motifs is 4. The number of aromatic hydroxyl groups is 2. The zero-order chi connectivity index (χ0) is 33.7. The van der Waals surface area contributed by atoms with E-state index < -0.39 is 81.7 Å². The zero-order valence-corrected chi connectivity index (χ0v) is 26.0. The van der Waals surface area contributed by atoms with Crippen LogP contribution in [0.3, 0.4) is 0 Å². The first-order valence-electron chi connectivity index (χ1n) is 14.7. The van der Waals surface area contributed by atoms with Crippen LogP contribution in [-0.2, 0) is 19.2 Å². The molecule has 10 nitrogen and oxygen atoms in total. The number of carbonyl (C=O) groups excluding carboxylic acids is 4. The highest BCUT2D eigenvalue weighted by Gasteiger charge is 2.68. The summed E-state index contributed by atoms with van der Waals surface area (Å²) in [6, 6.07) is 11.3. The SMILES string of the molecule is C[C@@]12C(=O)N(c3ccc(F)c(Cl)c3)C(=O)[C@@H]1C[C@@H]1C(=CC[C@@H]3C(=O)N(c4ccc(C(=O)O)c(O)c4)C(=O)[C@@H]31)[C@@H]2c1cc(Cl)ccc1O. The lowest BCUT2D eigenvalue weighted by Gasteiger charge is -2.49. The molecule has 2 aliphatic carbocycles. The van der Waals surface area contributed by atoms with Gasteiger partial charge in [0, 0.05) is 22.6 Å². The van der Waals surface area contributed by atoms with E-state index in [1.54, 1.807) is 13.0 Å². The van der Waals surface area contributed by atoms with E-state index in [0.29, 0.717) is 5.57 Å². The number of benzene rings is 3. The number of hydrogen-bond donors (Lipinski definition) is 3. The van der Waals surface area contributed by atoms with Crippen molar-refractivity contribution in [3.05, 3.63) is 93.2 Å². The molecule has 1 saturated carbocycles. The van der Waals surface area contributed by atoms with Gasteiger partial charge in [-0.3, -0.25) is 19.2 Å². The fourth-order valence-electron chi connectivity index (χ4n) is 8.08. The highest BCUT2D eigenvalue weighted by molar-refractivity contribution is 6.32. The Kier molecular flexibility index (Phi) is 7.00. The molecule has 0 radical (unpaired) electrons. The number of allylic oxidation sites excluding steroid dienone is 2. The Labute approximate surface area is 276 Å². The van der Waals surface area contributed by atoms with Crippen LogP contribution >= 0.6 is 23.2 Å². The van der Waals surface area contributed by atoms with Gasteiger partial charge in [0.25, 0.3) is 0 Å². The molecule has 0 aromatic heterocycles. The molecule has 3 aromatic carbocycles. The molecule has 240 valence electrons. The third-order valence-corrected chi connectivity index (χ3v) is 10.7. The lowest BCUT2D eigenvalue weighted by Crippen LogP contribution is -2.48. The van der Waals surface area contributed by atoms with E-state index in [1.807, 2.05) is 0 Å². The Bertz CT molecular complexity index is 2000. The first-order chi connectivity index (χ1) is 22.2. The van der Waals surface area contributed by atoms with Gasteiger partial charge in [-0.1, -0.05) is 34.9 Å². The van der Waals surface area contributed by atoms with Crippen LogP contribution in [0.25, 0.3) is 0 Å². The number of nitrogens with zero attached hydrogens (tertiary/aromatic N) is 2. The lowest BCUT2D eigenvalue weighted by atomic mass is 9.51. The largest absolute Gasteiger partial charge is 0.508 e. The van der Waals surface area contributed by atoms with E-state index >= 15 is 0 Å². The highest BCUT2D eigenvalue weighted by Crippen LogP contribution is 2.64. The van der Waals surface area contributed by atoms with Crippen molar-refractivity contribution >= 4 is 64.2 Å². The van der Waals surface area contributed by atoms with Gasteiger partial charge in [0.1, 0.15) is 22.9 Å². The van der Waals surface area contributed by atoms with Crippen LogP contribution in [0.1, 0.15) is 41.6 Å². The standard InChI is InChI=1S/C34H25Cl2FN2O8/c1-34-22(30(43)39(33(34)47)15-4-8-24(37)23(36)11-15)13-20-17(28(34)21-10-14(35)2-9-25(21)40)6-7-19-27(20)31(44)38(29(19)42)16-3-5-18(32(45)46)26(41)12-16/h2-6,8-12,19-20,22,27-28,40-41H,7,13H2,1H3,(H,45,46)/t19-,20+,22-,27-,28+,34+/m0/s1. The maximum atomic E-state index is 14.4. The zero-order valence-electron chi connectivity index (χ0n) is 24.5. The fraction of sp³-hybridized carbons (Fsp3) is 0.265. The molecule has 0 unspecified atom stereocenters. The number of phenols is 2. The van der Waals surface area contributed by atoms with E-state index in [0.717, 1.165) is 28.0 Å². The molecule has 47 heavy (non-hydrogen) atoms. The summed E-state index contributed by atoms with van der Waals surface area (Å²) < 4.78 is 14.1. The molecule has 7 rings (SSSR count). The van der Waals surface area contributed by atoms with E-state index in [9.17, 15) is 43.7 Å². The summed E-state index contributed by atoms with van der Waals surface area (Å²) in [5.41, 5.74) is -0.971. The average molecular weight is 679 g/mol. The molecule has 2 aliphatic heterocycles. The summed E-state index contributed by atoms with van der Waals surface area (Å²) in [5, 5.41) is 30.7. The van der Waals surface area contributed by atoms with Gasteiger partial charge >= 0.3 is 5.97 Å². The topological polar surface area (TPSA) is 153 Å². The molecular formula is C34H25Cl2FN2O8. The van der Waals surface area contributed by atoms with Crippen molar-refractivity contribution in [1.29, 1.82) is 0 Å². The summed E-state index contributed by atoms with van der Waals surface area (Å²) in [6.45, 7) is 1.62. The second kappa shape index (κ2) is 10.6. The quantitative estimate of drug-likeness (QED) is 0.236. The molecule has 4 amide bonds. The Morgan fingerprint density at radius 1 is 0.872 bits per heavy atom. The van der Waals surface area contributed by atoms with Crippen molar-refractivity contribution < 1.29 is 43.7 Å². The maximum absolute atomic E-state index is 14.4. The number of carboxylic acids is 1. The molecule has 0 spiro atoms. The van der Waals surface area contributed by atoms with Gasteiger partial charge in [-0.2, -0.15) is 0 Å². The smallest absolute Gasteiger partial charge is 0.339 e. The van der Waals surface area contributed by atoms with E-state index in [4.69, 9.17) is 23.2 Å². The third kappa shape index (κ3) is 4.33. The monoisotopic (exact) mass is 678 g/mol. The number of hydrogen-bond acceptors (Lipinski definition) is 7. The molecule has 2 heterocycles.